The molecular weight excluding hydrogens is 320 g/mol. The van der Waals surface area contributed by atoms with Crippen LogP contribution in [-0.4, -0.2) is 4.98 Å². The molecular formula is C23H26N2O. The molecule has 0 aliphatic heterocycles. The van der Waals surface area contributed by atoms with Gasteiger partial charge in [-0.2, -0.15) is 0 Å². The summed E-state index contributed by atoms with van der Waals surface area (Å²) < 4.78 is 0. The fourth-order valence-corrected chi connectivity index (χ4v) is 4.01. The van der Waals surface area contributed by atoms with Gasteiger partial charge >= 0.3 is 0 Å². The van der Waals surface area contributed by atoms with Crippen LogP contribution in [0.3, 0.4) is 0 Å². The van der Waals surface area contributed by atoms with Crippen LogP contribution in [0.4, 0.5) is 5.69 Å². The minimum atomic E-state index is -0.0207. The van der Waals surface area contributed by atoms with Crippen molar-refractivity contribution in [1.82, 2.24) is 4.98 Å². The molecule has 1 saturated carbocycles. The predicted octanol–water partition coefficient (Wildman–Crippen LogP) is 5.50. The van der Waals surface area contributed by atoms with Crippen molar-refractivity contribution < 1.29 is 0 Å². The molecule has 0 amide bonds. The molecule has 4 rings (SSSR count). The van der Waals surface area contributed by atoms with Crippen molar-refractivity contribution in [3.8, 4) is 0 Å². The molecule has 1 aliphatic carbocycles. The van der Waals surface area contributed by atoms with Gasteiger partial charge < -0.3 is 10.3 Å². The zero-order valence-corrected chi connectivity index (χ0v) is 15.3. The number of aromatic amines is 1. The van der Waals surface area contributed by atoms with E-state index in [1.165, 1.54) is 43.2 Å². The number of pyridine rings is 1. The van der Waals surface area contributed by atoms with Crippen LogP contribution in [0.15, 0.2) is 53.3 Å². The number of aryl methyl sites for hydroxylation is 1. The summed E-state index contributed by atoms with van der Waals surface area (Å²) in [5, 5.41) is 4.47. The van der Waals surface area contributed by atoms with Gasteiger partial charge in [0.25, 0.3) is 5.56 Å². The molecule has 2 N–H and O–H groups in total. The predicted molar refractivity (Wildman–Crippen MR) is 109 cm³/mol. The van der Waals surface area contributed by atoms with Crippen LogP contribution in [0.25, 0.3) is 10.9 Å². The smallest absolute Gasteiger partial charge is 0.253 e. The molecule has 0 bridgehead atoms. The number of H-pyrrole nitrogens is 1. The van der Waals surface area contributed by atoms with Gasteiger partial charge in [0.2, 0.25) is 0 Å². The molecule has 3 aromatic rings. The Morgan fingerprint density at radius 3 is 2.54 bits per heavy atom. The molecule has 3 nitrogen and oxygen atoms in total. The Labute approximate surface area is 154 Å². The highest BCUT2D eigenvalue weighted by atomic mass is 16.1. The molecule has 1 fully saturated rings. The lowest BCUT2D eigenvalue weighted by molar-refractivity contribution is 0.443. The number of aromatic nitrogens is 1. The number of rotatable bonds is 4. The Kier molecular flexibility index (Phi) is 4.79. The van der Waals surface area contributed by atoms with E-state index < -0.39 is 0 Å². The Balaban J connectivity index is 1.47. The summed E-state index contributed by atoms with van der Waals surface area (Å²) in [5.41, 5.74) is 5.35. The summed E-state index contributed by atoms with van der Waals surface area (Å²) in [5.74, 6) is 0.726. The first kappa shape index (κ1) is 16.9. The van der Waals surface area contributed by atoms with E-state index in [-0.39, 0.29) is 5.56 Å². The molecule has 0 spiro atoms. The normalized spacial score (nSPS) is 15.3. The second kappa shape index (κ2) is 7.36. The minimum Gasteiger partial charge on any atom is -0.381 e. The zero-order chi connectivity index (χ0) is 17.9. The van der Waals surface area contributed by atoms with E-state index in [0.717, 1.165) is 28.1 Å². The molecule has 3 heteroatoms. The van der Waals surface area contributed by atoms with Crippen molar-refractivity contribution in [2.75, 3.05) is 5.32 Å². The SMILES string of the molecule is Cc1ccc2[nH]c(=O)c(CNc3ccc(C4CCCCC4)cc3)cc2c1. The highest BCUT2D eigenvalue weighted by Crippen LogP contribution is 2.33. The molecule has 26 heavy (non-hydrogen) atoms. The molecule has 1 aromatic heterocycles. The van der Waals surface area contributed by atoms with E-state index >= 15 is 0 Å². The summed E-state index contributed by atoms with van der Waals surface area (Å²) in [4.78, 5) is 15.3. The Morgan fingerprint density at radius 1 is 1.00 bits per heavy atom. The van der Waals surface area contributed by atoms with Crippen molar-refractivity contribution in [3.05, 3.63) is 75.6 Å². The van der Waals surface area contributed by atoms with Gasteiger partial charge in [-0.15, -0.1) is 0 Å². The van der Waals surface area contributed by atoms with Crippen molar-refractivity contribution in [1.29, 1.82) is 0 Å². The third-order valence-corrected chi connectivity index (χ3v) is 5.55. The van der Waals surface area contributed by atoms with E-state index in [1.54, 1.807) is 0 Å². The lowest BCUT2D eigenvalue weighted by atomic mass is 9.84. The van der Waals surface area contributed by atoms with Gasteiger partial charge in [0, 0.05) is 23.3 Å². The maximum absolute atomic E-state index is 12.3. The molecule has 0 saturated heterocycles. The molecule has 134 valence electrons. The average Bonchev–Trinajstić information content (AvgIpc) is 2.68. The lowest BCUT2D eigenvalue weighted by Crippen LogP contribution is -2.15. The van der Waals surface area contributed by atoms with Gasteiger partial charge in [-0.1, -0.05) is 43.0 Å². The van der Waals surface area contributed by atoms with Crippen molar-refractivity contribution in [2.24, 2.45) is 0 Å². The first-order chi connectivity index (χ1) is 12.7. The zero-order valence-electron chi connectivity index (χ0n) is 15.3. The topological polar surface area (TPSA) is 44.9 Å². The van der Waals surface area contributed by atoms with Crippen LogP contribution >= 0.6 is 0 Å². The standard InChI is InChI=1S/C23H26N2O/c1-16-7-12-22-19(13-16)14-20(23(26)25-22)15-24-21-10-8-18(9-11-21)17-5-3-2-4-6-17/h7-14,17,24H,2-6,15H2,1H3,(H,25,26). The quantitative estimate of drug-likeness (QED) is 0.655. The van der Waals surface area contributed by atoms with Crippen LogP contribution in [0, 0.1) is 6.92 Å². The van der Waals surface area contributed by atoms with E-state index in [4.69, 9.17) is 0 Å². The van der Waals surface area contributed by atoms with Gasteiger partial charge in [0.15, 0.2) is 0 Å². The fourth-order valence-electron chi connectivity index (χ4n) is 4.01. The number of benzene rings is 2. The van der Waals surface area contributed by atoms with Crippen LogP contribution in [0.1, 0.15) is 54.7 Å². The van der Waals surface area contributed by atoms with Crippen molar-refractivity contribution >= 4 is 16.6 Å². The summed E-state index contributed by atoms with van der Waals surface area (Å²) in [6.45, 7) is 2.60. The highest BCUT2D eigenvalue weighted by Gasteiger charge is 2.15. The maximum atomic E-state index is 12.3. The maximum Gasteiger partial charge on any atom is 0.253 e. The average molecular weight is 346 g/mol. The lowest BCUT2D eigenvalue weighted by Gasteiger charge is -2.22. The first-order valence-corrected chi connectivity index (χ1v) is 9.65. The number of anilines is 1. The fraction of sp³-hybridized carbons (Fsp3) is 0.348. The summed E-state index contributed by atoms with van der Waals surface area (Å²) in [7, 11) is 0. The Bertz CT molecular complexity index is 950. The first-order valence-electron chi connectivity index (χ1n) is 9.65. The third-order valence-electron chi connectivity index (χ3n) is 5.55. The monoisotopic (exact) mass is 346 g/mol. The van der Waals surface area contributed by atoms with Gasteiger partial charge in [-0.25, -0.2) is 0 Å². The van der Waals surface area contributed by atoms with Gasteiger partial charge in [-0.05, 0) is 67.0 Å². The summed E-state index contributed by atoms with van der Waals surface area (Å²) in [6.07, 6.45) is 6.73. The molecule has 2 aromatic carbocycles. The van der Waals surface area contributed by atoms with E-state index in [2.05, 4.69) is 47.6 Å². The second-order valence-electron chi connectivity index (χ2n) is 7.52. The van der Waals surface area contributed by atoms with E-state index in [1.807, 2.05) is 18.2 Å². The van der Waals surface area contributed by atoms with Gasteiger partial charge in [0.05, 0.1) is 0 Å². The summed E-state index contributed by atoms with van der Waals surface area (Å²) >= 11 is 0. The highest BCUT2D eigenvalue weighted by molar-refractivity contribution is 5.79. The largest absolute Gasteiger partial charge is 0.381 e. The second-order valence-corrected chi connectivity index (χ2v) is 7.52. The molecule has 0 unspecified atom stereocenters. The molecule has 1 heterocycles. The van der Waals surface area contributed by atoms with Gasteiger partial charge in [0.1, 0.15) is 0 Å². The number of fused-ring (bicyclic) bond motifs is 1. The number of hydrogen-bond acceptors (Lipinski definition) is 2. The molecule has 1 aliphatic rings. The van der Waals surface area contributed by atoms with E-state index in [9.17, 15) is 4.79 Å². The third kappa shape index (κ3) is 3.67. The van der Waals surface area contributed by atoms with Crippen molar-refractivity contribution in [3.63, 3.8) is 0 Å². The van der Waals surface area contributed by atoms with Crippen LogP contribution < -0.4 is 10.9 Å². The van der Waals surface area contributed by atoms with Crippen LogP contribution in [0.5, 0.6) is 0 Å². The Hall–Kier alpha value is -2.55. The van der Waals surface area contributed by atoms with Crippen LogP contribution in [-0.2, 0) is 6.54 Å². The Morgan fingerprint density at radius 2 is 1.77 bits per heavy atom. The summed E-state index contributed by atoms with van der Waals surface area (Å²) in [6, 6.07) is 16.8. The van der Waals surface area contributed by atoms with E-state index in [0.29, 0.717) is 6.54 Å². The van der Waals surface area contributed by atoms with Gasteiger partial charge in [-0.3, -0.25) is 4.79 Å². The number of nitrogens with one attached hydrogen (secondary N) is 2. The molecule has 0 atom stereocenters. The minimum absolute atomic E-state index is 0.0207. The number of hydrogen-bond donors (Lipinski definition) is 2. The van der Waals surface area contributed by atoms with Crippen molar-refractivity contribution in [2.45, 2.75) is 51.5 Å². The molecule has 0 radical (unpaired) electrons. The van der Waals surface area contributed by atoms with Crippen LogP contribution in [0.2, 0.25) is 0 Å².